The average molecular weight is 551 g/mol. The van der Waals surface area contributed by atoms with Crippen LogP contribution in [-0.4, -0.2) is 46.9 Å². The van der Waals surface area contributed by atoms with Crippen molar-refractivity contribution in [3.05, 3.63) is 70.3 Å². The number of esters is 1. The molecule has 0 aromatic heterocycles. The molecule has 6 atom stereocenters. The van der Waals surface area contributed by atoms with Crippen LogP contribution in [-0.2, 0) is 14.2 Å². The summed E-state index contributed by atoms with van der Waals surface area (Å²) < 4.78 is 19.7. The van der Waals surface area contributed by atoms with E-state index in [4.69, 9.17) is 14.2 Å². The Kier molecular flexibility index (Phi) is 9.76. The van der Waals surface area contributed by atoms with Gasteiger partial charge in [-0.3, -0.25) is 0 Å². The normalized spacial score (nSPS) is 32.2. The van der Waals surface area contributed by atoms with Crippen LogP contribution in [0.3, 0.4) is 0 Å². The third-order valence-electron chi connectivity index (χ3n) is 8.65. The van der Waals surface area contributed by atoms with Gasteiger partial charge in [0.25, 0.3) is 0 Å². The first-order chi connectivity index (χ1) is 19.0. The van der Waals surface area contributed by atoms with Gasteiger partial charge in [-0.25, -0.2) is 4.79 Å². The molecule has 218 valence electrons. The summed E-state index contributed by atoms with van der Waals surface area (Å²) in [6.45, 7) is 12.1. The standard InChI is InChI=1S/C34H46O6/c1-7-23(4)32-24(5)13-14-34(40-32)19-28-17-27(39-34)12-11-22(3)15-21(2)9-8-10-26(20-35)29-18-31(36)25(6)16-30(29)33(37)38-28/h7-11,16,18,21,24,27-28,32,35-36H,12-15,17,19-20H2,1-6H3/b9-8?,22-11?,23-7+,26-10?/t21-,24-,27+,28-,32+,34+/m0/s1. The lowest BCUT2D eigenvalue weighted by molar-refractivity contribution is -0.328. The van der Waals surface area contributed by atoms with Gasteiger partial charge in [0.2, 0.25) is 0 Å². The number of hydrogen-bond donors (Lipinski definition) is 2. The molecule has 2 bridgehead atoms. The molecular formula is C34H46O6. The zero-order chi connectivity index (χ0) is 29.0. The maximum Gasteiger partial charge on any atom is 0.339 e. The highest BCUT2D eigenvalue weighted by atomic mass is 16.7. The first kappa shape index (κ1) is 30.3. The summed E-state index contributed by atoms with van der Waals surface area (Å²) in [6, 6.07) is 3.19. The number of carbonyl (C=O) groups is 1. The highest BCUT2D eigenvalue weighted by molar-refractivity contribution is 5.96. The minimum Gasteiger partial charge on any atom is -0.508 e. The SMILES string of the molecule is C/C=C(\C)[C@H]1O[C@]2(CC[C@@H]1C)C[C@@H]1C[C@@H](CC=C(C)C[C@@H](C)C=CC=C(CO)c3cc(O)c(C)cc3C(=O)O1)O2. The number of aliphatic hydroxyl groups is 1. The van der Waals surface area contributed by atoms with Gasteiger partial charge in [-0.05, 0) is 93.2 Å². The third-order valence-corrected chi connectivity index (χ3v) is 8.65. The third kappa shape index (κ3) is 6.96. The van der Waals surface area contributed by atoms with Crippen LogP contribution in [0.4, 0.5) is 0 Å². The molecule has 6 heteroatoms. The van der Waals surface area contributed by atoms with E-state index >= 15 is 0 Å². The first-order valence-corrected chi connectivity index (χ1v) is 14.7. The van der Waals surface area contributed by atoms with E-state index < -0.39 is 17.9 Å². The van der Waals surface area contributed by atoms with Crippen molar-refractivity contribution in [1.29, 1.82) is 0 Å². The second-order valence-corrected chi connectivity index (χ2v) is 12.1. The molecule has 0 saturated carbocycles. The zero-order valence-corrected chi connectivity index (χ0v) is 24.9. The molecule has 2 N–H and O–H groups in total. The lowest BCUT2D eigenvalue weighted by Gasteiger charge is -2.49. The summed E-state index contributed by atoms with van der Waals surface area (Å²) >= 11 is 0. The molecule has 1 spiro atoms. The minimum absolute atomic E-state index is 0.0415. The molecule has 0 amide bonds. The van der Waals surface area contributed by atoms with E-state index in [1.807, 2.05) is 19.1 Å². The predicted octanol–water partition coefficient (Wildman–Crippen LogP) is 7.19. The number of ether oxygens (including phenoxy) is 3. The molecule has 2 fully saturated rings. The quantitative estimate of drug-likeness (QED) is 0.299. The van der Waals surface area contributed by atoms with Crippen molar-refractivity contribution in [2.24, 2.45) is 11.8 Å². The number of aliphatic hydroxyl groups excluding tert-OH is 1. The smallest absolute Gasteiger partial charge is 0.339 e. The second-order valence-electron chi connectivity index (χ2n) is 12.1. The van der Waals surface area contributed by atoms with Gasteiger partial charge in [-0.1, -0.05) is 49.8 Å². The van der Waals surface area contributed by atoms with E-state index in [0.29, 0.717) is 41.0 Å². The van der Waals surface area contributed by atoms with Crippen molar-refractivity contribution in [1.82, 2.24) is 0 Å². The number of rotatable bonds is 2. The predicted molar refractivity (Wildman–Crippen MR) is 158 cm³/mol. The Bertz CT molecular complexity index is 1210. The van der Waals surface area contributed by atoms with Gasteiger partial charge in [0.05, 0.1) is 24.4 Å². The minimum atomic E-state index is -0.817. The van der Waals surface area contributed by atoms with Gasteiger partial charge in [0.1, 0.15) is 11.9 Å². The molecular weight excluding hydrogens is 504 g/mol. The number of aromatic hydroxyl groups is 1. The summed E-state index contributed by atoms with van der Waals surface area (Å²) in [5.74, 6) is -0.559. The Labute approximate surface area is 239 Å². The topological polar surface area (TPSA) is 85.2 Å². The van der Waals surface area contributed by atoms with Crippen LogP contribution in [0.2, 0.25) is 0 Å². The number of phenolic OH excluding ortho intramolecular Hbond substituents is 1. The molecule has 3 heterocycles. The Morgan fingerprint density at radius 2 is 1.93 bits per heavy atom. The lowest BCUT2D eigenvalue weighted by Crippen LogP contribution is -2.54. The maximum absolute atomic E-state index is 13.7. The number of carbonyl (C=O) groups excluding carboxylic acids is 1. The van der Waals surface area contributed by atoms with Crippen molar-refractivity contribution < 1.29 is 29.2 Å². The molecule has 6 nitrogen and oxygen atoms in total. The van der Waals surface area contributed by atoms with Crippen LogP contribution in [0.1, 0.15) is 94.6 Å². The molecule has 40 heavy (non-hydrogen) atoms. The summed E-state index contributed by atoms with van der Waals surface area (Å²) in [4.78, 5) is 13.7. The molecule has 1 aromatic carbocycles. The van der Waals surface area contributed by atoms with Crippen molar-refractivity contribution in [2.45, 2.75) is 104 Å². The number of aryl methyl sites for hydroxylation is 1. The molecule has 2 saturated heterocycles. The molecule has 1 aromatic rings. The fourth-order valence-electron chi connectivity index (χ4n) is 6.23. The van der Waals surface area contributed by atoms with Crippen molar-refractivity contribution >= 4 is 11.5 Å². The number of fused-ring (bicyclic) bond motifs is 3. The van der Waals surface area contributed by atoms with Crippen LogP contribution in [0.5, 0.6) is 5.75 Å². The Morgan fingerprint density at radius 1 is 1.15 bits per heavy atom. The Balaban J connectivity index is 1.75. The van der Waals surface area contributed by atoms with Gasteiger partial charge < -0.3 is 24.4 Å². The molecule has 3 aliphatic heterocycles. The first-order valence-electron chi connectivity index (χ1n) is 14.7. The van der Waals surface area contributed by atoms with Gasteiger partial charge in [-0.2, -0.15) is 0 Å². The molecule has 4 rings (SSSR count). The molecule has 0 unspecified atom stereocenters. The van der Waals surface area contributed by atoms with Gasteiger partial charge in [0, 0.05) is 19.3 Å². The molecule has 0 aliphatic carbocycles. The van der Waals surface area contributed by atoms with E-state index in [-0.39, 0.29) is 30.5 Å². The average Bonchev–Trinajstić information content (AvgIpc) is 2.91. The largest absolute Gasteiger partial charge is 0.508 e. The van der Waals surface area contributed by atoms with Gasteiger partial charge in [-0.15, -0.1) is 0 Å². The molecule has 0 radical (unpaired) electrons. The van der Waals surface area contributed by atoms with Crippen molar-refractivity contribution in [3.63, 3.8) is 0 Å². The fraction of sp³-hybridized carbons (Fsp3) is 0.559. The number of benzene rings is 1. The fourth-order valence-corrected chi connectivity index (χ4v) is 6.23. The van der Waals surface area contributed by atoms with Gasteiger partial charge >= 0.3 is 5.97 Å². The van der Waals surface area contributed by atoms with E-state index in [1.54, 1.807) is 19.1 Å². The maximum atomic E-state index is 13.7. The van der Waals surface area contributed by atoms with Crippen LogP contribution in [0, 0.1) is 18.8 Å². The summed E-state index contributed by atoms with van der Waals surface area (Å²) in [7, 11) is 0. The highest BCUT2D eigenvalue weighted by Gasteiger charge is 2.48. The number of hydrogen-bond acceptors (Lipinski definition) is 6. The van der Waals surface area contributed by atoms with E-state index in [1.165, 1.54) is 11.1 Å². The van der Waals surface area contributed by atoms with E-state index in [2.05, 4.69) is 45.9 Å². The second kappa shape index (κ2) is 12.9. The van der Waals surface area contributed by atoms with E-state index in [9.17, 15) is 15.0 Å². The van der Waals surface area contributed by atoms with Crippen LogP contribution in [0.15, 0.2) is 53.7 Å². The van der Waals surface area contributed by atoms with Gasteiger partial charge in [0.15, 0.2) is 5.79 Å². The number of phenols is 1. The van der Waals surface area contributed by atoms with Crippen LogP contribution >= 0.6 is 0 Å². The van der Waals surface area contributed by atoms with Crippen molar-refractivity contribution in [2.75, 3.05) is 6.61 Å². The van der Waals surface area contributed by atoms with Crippen LogP contribution in [0.25, 0.3) is 5.57 Å². The number of allylic oxidation sites excluding steroid dienone is 5. The summed E-state index contributed by atoms with van der Waals surface area (Å²) in [5.41, 5.74) is 4.38. The molecule has 3 aliphatic rings. The lowest BCUT2D eigenvalue weighted by atomic mass is 9.84. The Hall–Kier alpha value is -2.67. The monoisotopic (exact) mass is 550 g/mol. The summed E-state index contributed by atoms with van der Waals surface area (Å²) in [5, 5.41) is 20.7. The van der Waals surface area contributed by atoms with Crippen LogP contribution < -0.4 is 0 Å². The highest BCUT2D eigenvalue weighted by Crippen LogP contribution is 2.44. The summed E-state index contributed by atoms with van der Waals surface area (Å²) in [6.07, 6.45) is 14.0. The van der Waals surface area contributed by atoms with E-state index in [0.717, 1.165) is 25.7 Å². The van der Waals surface area contributed by atoms with Crippen molar-refractivity contribution in [3.8, 4) is 5.75 Å². The zero-order valence-electron chi connectivity index (χ0n) is 24.9. The Morgan fingerprint density at radius 3 is 2.65 bits per heavy atom.